The molecular formula is C28H48N2O3. The normalized spacial score (nSPS) is 15.9. The lowest BCUT2D eigenvalue weighted by molar-refractivity contribution is -0.147. The SMILES string of the molecule is CCCOC(CC(C)C)(CC(C)C)C(=O)Nc1ccc(OCCCN2CCC(C)CC2)cc1. The lowest BCUT2D eigenvalue weighted by atomic mass is 9.83. The van der Waals surface area contributed by atoms with Gasteiger partial charge in [-0.15, -0.1) is 0 Å². The van der Waals surface area contributed by atoms with Crippen LogP contribution in [0.1, 0.15) is 80.1 Å². The maximum Gasteiger partial charge on any atom is 0.256 e. The molecule has 0 aromatic heterocycles. The Balaban J connectivity index is 1.89. The highest BCUT2D eigenvalue weighted by atomic mass is 16.5. The zero-order valence-corrected chi connectivity index (χ0v) is 22.0. The van der Waals surface area contributed by atoms with Gasteiger partial charge in [0.05, 0.1) is 6.61 Å². The molecule has 188 valence electrons. The van der Waals surface area contributed by atoms with Crippen molar-refractivity contribution in [3.8, 4) is 5.75 Å². The van der Waals surface area contributed by atoms with Gasteiger partial charge in [0.2, 0.25) is 0 Å². The van der Waals surface area contributed by atoms with Crippen LogP contribution in [0.5, 0.6) is 5.75 Å². The van der Waals surface area contributed by atoms with Gasteiger partial charge < -0.3 is 19.7 Å². The number of nitrogens with one attached hydrogen (secondary N) is 1. The predicted molar refractivity (Wildman–Crippen MR) is 138 cm³/mol. The second kappa shape index (κ2) is 14.0. The first-order chi connectivity index (χ1) is 15.7. The van der Waals surface area contributed by atoms with Crippen LogP contribution in [0.3, 0.4) is 0 Å². The zero-order chi connectivity index (χ0) is 24.3. The van der Waals surface area contributed by atoms with Crippen LogP contribution in [0, 0.1) is 17.8 Å². The van der Waals surface area contributed by atoms with E-state index in [9.17, 15) is 4.79 Å². The van der Waals surface area contributed by atoms with Gasteiger partial charge in [-0.2, -0.15) is 0 Å². The van der Waals surface area contributed by atoms with Crippen molar-refractivity contribution in [2.75, 3.05) is 38.2 Å². The van der Waals surface area contributed by atoms with Gasteiger partial charge in [0.15, 0.2) is 0 Å². The molecule has 1 fully saturated rings. The first-order valence-corrected chi connectivity index (χ1v) is 13.1. The maximum atomic E-state index is 13.4. The molecule has 5 heteroatoms. The molecule has 0 aliphatic carbocycles. The van der Waals surface area contributed by atoms with Crippen LogP contribution >= 0.6 is 0 Å². The highest BCUT2D eigenvalue weighted by Crippen LogP contribution is 2.31. The molecular weight excluding hydrogens is 412 g/mol. The highest BCUT2D eigenvalue weighted by Gasteiger charge is 2.40. The van der Waals surface area contributed by atoms with Crippen LogP contribution in [0.4, 0.5) is 5.69 Å². The Kier molecular flexibility index (Phi) is 11.7. The summed E-state index contributed by atoms with van der Waals surface area (Å²) in [6.07, 6.45) is 5.99. The van der Waals surface area contributed by atoms with Gasteiger partial charge in [-0.3, -0.25) is 4.79 Å². The summed E-state index contributed by atoms with van der Waals surface area (Å²) in [5.74, 6) is 2.42. The van der Waals surface area contributed by atoms with Gasteiger partial charge >= 0.3 is 0 Å². The quantitative estimate of drug-likeness (QED) is 0.327. The largest absolute Gasteiger partial charge is 0.494 e. The number of ether oxygens (including phenoxy) is 2. The van der Waals surface area contributed by atoms with E-state index < -0.39 is 5.60 Å². The third-order valence-corrected chi connectivity index (χ3v) is 6.35. The Labute approximate surface area is 202 Å². The topological polar surface area (TPSA) is 50.8 Å². The lowest BCUT2D eigenvalue weighted by Crippen LogP contribution is -2.47. The molecule has 0 unspecified atom stereocenters. The molecule has 0 bridgehead atoms. The lowest BCUT2D eigenvalue weighted by Gasteiger charge is -2.35. The minimum Gasteiger partial charge on any atom is -0.494 e. The van der Waals surface area contributed by atoms with Crippen molar-refractivity contribution in [2.24, 2.45) is 17.8 Å². The third kappa shape index (κ3) is 9.66. The molecule has 1 aliphatic heterocycles. The van der Waals surface area contributed by atoms with E-state index in [4.69, 9.17) is 9.47 Å². The number of amides is 1. The van der Waals surface area contributed by atoms with Gasteiger partial charge in [-0.25, -0.2) is 0 Å². The number of carbonyl (C=O) groups excluding carboxylic acids is 1. The van der Waals surface area contributed by atoms with Gasteiger partial charge in [0, 0.05) is 18.8 Å². The molecule has 0 spiro atoms. The number of benzene rings is 1. The Morgan fingerprint density at radius 2 is 1.67 bits per heavy atom. The summed E-state index contributed by atoms with van der Waals surface area (Å²) in [5, 5.41) is 3.12. The molecule has 1 aliphatic rings. The van der Waals surface area contributed by atoms with E-state index in [-0.39, 0.29) is 5.91 Å². The molecule has 1 amide bonds. The fourth-order valence-electron chi connectivity index (χ4n) is 4.71. The van der Waals surface area contributed by atoms with Gasteiger partial charge in [0.1, 0.15) is 11.4 Å². The van der Waals surface area contributed by atoms with Crippen LogP contribution in [0.25, 0.3) is 0 Å². The summed E-state index contributed by atoms with van der Waals surface area (Å²) in [6.45, 7) is 17.9. The van der Waals surface area contributed by atoms with Crippen molar-refractivity contribution in [3.05, 3.63) is 24.3 Å². The molecule has 5 nitrogen and oxygen atoms in total. The van der Waals surface area contributed by atoms with Crippen molar-refractivity contribution in [1.82, 2.24) is 4.90 Å². The molecule has 1 aromatic rings. The fourth-order valence-corrected chi connectivity index (χ4v) is 4.71. The van der Waals surface area contributed by atoms with Gasteiger partial charge in [-0.1, -0.05) is 41.5 Å². The molecule has 33 heavy (non-hydrogen) atoms. The smallest absolute Gasteiger partial charge is 0.256 e. The number of hydrogen-bond acceptors (Lipinski definition) is 4. The standard InChI is InChI=1S/C28H48N2O3/c1-7-18-33-28(20-22(2)3,21-23(4)5)27(31)29-25-9-11-26(12-10-25)32-19-8-15-30-16-13-24(6)14-17-30/h9-12,22-24H,7-8,13-21H2,1-6H3,(H,29,31). The zero-order valence-electron chi connectivity index (χ0n) is 22.0. The highest BCUT2D eigenvalue weighted by molar-refractivity contribution is 5.97. The molecule has 2 rings (SSSR count). The number of anilines is 1. The Morgan fingerprint density at radius 3 is 2.21 bits per heavy atom. The van der Waals surface area contributed by atoms with Crippen LogP contribution < -0.4 is 10.1 Å². The molecule has 0 saturated carbocycles. The van der Waals surface area contributed by atoms with Crippen LogP contribution in [-0.4, -0.2) is 49.3 Å². The number of likely N-dealkylation sites (tertiary alicyclic amines) is 1. The monoisotopic (exact) mass is 460 g/mol. The van der Waals surface area contributed by atoms with E-state index >= 15 is 0 Å². The summed E-state index contributed by atoms with van der Waals surface area (Å²) in [6, 6.07) is 7.73. The molecule has 0 atom stereocenters. The third-order valence-electron chi connectivity index (χ3n) is 6.35. The van der Waals surface area contributed by atoms with Crippen molar-refractivity contribution >= 4 is 11.6 Å². The number of hydrogen-bond donors (Lipinski definition) is 1. The van der Waals surface area contributed by atoms with Crippen molar-refractivity contribution in [2.45, 2.75) is 85.7 Å². The maximum absolute atomic E-state index is 13.4. The van der Waals surface area contributed by atoms with Crippen LogP contribution in [-0.2, 0) is 9.53 Å². The Hall–Kier alpha value is -1.59. The number of nitrogens with zero attached hydrogens (tertiary/aromatic N) is 1. The fraction of sp³-hybridized carbons (Fsp3) is 0.750. The summed E-state index contributed by atoms with van der Waals surface area (Å²) in [7, 11) is 0. The molecule has 1 heterocycles. The van der Waals surface area contributed by atoms with E-state index in [0.717, 1.165) is 36.7 Å². The number of carbonyl (C=O) groups is 1. The van der Waals surface area contributed by atoms with Gasteiger partial charge in [0.25, 0.3) is 5.91 Å². The molecule has 1 saturated heterocycles. The summed E-state index contributed by atoms with van der Waals surface area (Å²) in [5.41, 5.74) is -0.00786. The van der Waals surface area contributed by atoms with E-state index in [1.807, 2.05) is 24.3 Å². The minimum absolute atomic E-state index is 0.0390. The first kappa shape index (κ1) is 27.7. The predicted octanol–water partition coefficient (Wildman–Crippen LogP) is 6.38. The summed E-state index contributed by atoms with van der Waals surface area (Å²) in [4.78, 5) is 16.0. The second-order valence-corrected chi connectivity index (χ2v) is 10.7. The average Bonchev–Trinajstić information content (AvgIpc) is 2.76. The number of piperidine rings is 1. The first-order valence-electron chi connectivity index (χ1n) is 13.1. The minimum atomic E-state index is -0.792. The summed E-state index contributed by atoms with van der Waals surface area (Å²) < 4.78 is 12.2. The summed E-state index contributed by atoms with van der Waals surface area (Å²) >= 11 is 0. The van der Waals surface area contributed by atoms with Crippen LogP contribution in [0.2, 0.25) is 0 Å². The molecule has 1 aromatic carbocycles. The Bertz CT molecular complexity index is 669. The van der Waals surface area contributed by atoms with E-state index in [1.54, 1.807) is 0 Å². The van der Waals surface area contributed by atoms with Gasteiger partial charge in [-0.05, 0) is 93.6 Å². The van der Waals surface area contributed by atoms with E-state index in [1.165, 1.54) is 25.9 Å². The Morgan fingerprint density at radius 1 is 1.06 bits per heavy atom. The second-order valence-electron chi connectivity index (χ2n) is 10.7. The molecule has 0 radical (unpaired) electrons. The average molecular weight is 461 g/mol. The number of rotatable bonds is 14. The molecule has 1 N–H and O–H groups in total. The van der Waals surface area contributed by atoms with Crippen LogP contribution in [0.15, 0.2) is 24.3 Å². The van der Waals surface area contributed by atoms with E-state index in [0.29, 0.717) is 37.9 Å². The van der Waals surface area contributed by atoms with Crippen molar-refractivity contribution in [3.63, 3.8) is 0 Å². The van der Waals surface area contributed by atoms with Crippen molar-refractivity contribution < 1.29 is 14.3 Å². The van der Waals surface area contributed by atoms with Crippen molar-refractivity contribution in [1.29, 1.82) is 0 Å². The van der Waals surface area contributed by atoms with E-state index in [2.05, 4.69) is 51.8 Å².